The third kappa shape index (κ3) is 8.01. The molecule has 0 aromatic heterocycles. The second-order valence-electron chi connectivity index (χ2n) is 7.40. The van der Waals surface area contributed by atoms with Crippen molar-refractivity contribution in [2.45, 2.75) is 19.1 Å². The molecule has 2 rings (SSSR count). The van der Waals surface area contributed by atoms with Crippen LogP contribution < -0.4 is 10.1 Å². The maximum Gasteiger partial charge on any atom is 0.417 e. The van der Waals surface area contributed by atoms with E-state index in [4.69, 9.17) is 9.84 Å². The third-order valence-electron chi connectivity index (χ3n) is 4.96. The standard InChI is InChI=1S/C27H29F4NO2/c1-20(18-28)24(21-10-7-5-8-11-21)13-9-4-3-6-12-22-17-26(34-2)23(19-32-14-15-33)16-25(22)27(29,30)31/h4-13,16-17,32-33H,1,3,14-15,18-19H2,2H3/b9-4-,12-6+,24-13+. The molecule has 0 aliphatic heterocycles. The van der Waals surface area contributed by atoms with Crippen LogP contribution in [0.15, 0.2) is 78.9 Å². The summed E-state index contributed by atoms with van der Waals surface area (Å²) in [6.45, 7) is 3.36. The maximum atomic E-state index is 13.6. The van der Waals surface area contributed by atoms with Crippen molar-refractivity contribution in [1.29, 1.82) is 0 Å². The lowest BCUT2D eigenvalue weighted by atomic mass is 9.99. The van der Waals surface area contributed by atoms with Crippen molar-refractivity contribution in [3.8, 4) is 5.75 Å². The first-order chi connectivity index (χ1) is 16.3. The lowest BCUT2D eigenvalue weighted by molar-refractivity contribution is -0.137. The molecule has 182 valence electrons. The highest BCUT2D eigenvalue weighted by Crippen LogP contribution is 2.36. The molecule has 0 bridgehead atoms. The molecule has 7 heteroatoms. The van der Waals surface area contributed by atoms with Gasteiger partial charge < -0.3 is 15.2 Å². The first-order valence-electron chi connectivity index (χ1n) is 10.7. The van der Waals surface area contributed by atoms with Crippen LogP contribution in [0.1, 0.15) is 28.7 Å². The second kappa shape index (κ2) is 13.5. The van der Waals surface area contributed by atoms with E-state index in [1.165, 1.54) is 19.3 Å². The number of aliphatic hydroxyl groups is 1. The monoisotopic (exact) mass is 475 g/mol. The molecular weight excluding hydrogens is 446 g/mol. The summed E-state index contributed by atoms with van der Waals surface area (Å²) < 4.78 is 59.4. The predicted octanol–water partition coefficient (Wildman–Crippen LogP) is 6.36. The van der Waals surface area contributed by atoms with Gasteiger partial charge in [0.05, 0.1) is 19.3 Å². The van der Waals surface area contributed by atoms with Gasteiger partial charge >= 0.3 is 6.18 Å². The number of hydrogen-bond donors (Lipinski definition) is 2. The molecule has 34 heavy (non-hydrogen) atoms. The zero-order valence-corrected chi connectivity index (χ0v) is 19.0. The summed E-state index contributed by atoms with van der Waals surface area (Å²) in [6.07, 6.45) is 4.10. The maximum absolute atomic E-state index is 13.6. The zero-order chi connectivity index (χ0) is 25.0. The number of nitrogens with one attached hydrogen (secondary N) is 1. The fraction of sp³-hybridized carbons (Fsp3) is 0.259. The minimum atomic E-state index is -4.53. The van der Waals surface area contributed by atoms with E-state index in [0.717, 1.165) is 11.6 Å². The first kappa shape index (κ1) is 27.1. The molecule has 0 saturated heterocycles. The van der Waals surface area contributed by atoms with Gasteiger partial charge in [0.25, 0.3) is 0 Å². The molecule has 2 aromatic carbocycles. The summed E-state index contributed by atoms with van der Waals surface area (Å²) in [5, 5.41) is 11.7. The third-order valence-corrected chi connectivity index (χ3v) is 4.96. The summed E-state index contributed by atoms with van der Waals surface area (Å²) in [7, 11) is 1.40. The Kier molecular flexibility index (Phi) is 10.8. The van der Waals surface area contributed by atoms with Gasteiger partial charge in [-0.2, -0.15) is 13.2 Å². The minimum absolute atomic E-state index is 0.00465. The van der Waals surface area contributed by atoms with Crippen LogP contribution in [0.4, 0.5) is 17.6 Å². The second-order valence-corrected chi connectivity index (χ2v) is 7.40. The van der Waals surface area contributed by atoms with E-state index in [0.29, 0.717) is 28.9 Å². The Hall–Kier alpha value is -3.16. The molecule has 0 unspecified atom stereocenters. The van der Waals surface area contributed by atoms with Crippen molar-refractivity contribution >= 4 is 11.6 Å². The molecule has 0 spiro atoms. The molecule has 0 radical (unpaired) electrons. The van der Waals surface area contributed by atoms with E-state index in [2.05, 4.69) is 11.9 Å². The molecule has 0 fully saturated rings. The zero-order valence-electron chi connectivity index (χ0n) is 19.0. The molecule has 2 N–H and O–H groups in total. The van der Waals surface area contributed by atoms with Crippen LogP contribution in [-0.4, -0.2) is 32.0 Å². The Morgan fingerprint density at radius 3 is 2.50 bits per heavy atom. The van der Waals surface area contributed by atoms with Crippen LogP contribution in [-0.2, 0) is 12.7 Å². The molecule has 2 aromatic rings. The average Bonchev–Trinajstić information content (AvgIpc) is 2.83. The van der Waals surface area contributed by atoms with Crippen LogP contribution >= 0.6 is 0 Å². The largest absolute Gasteiger partial charge is 0.496 e. The van der Waals surface area contributed by atoms with Crippen LogP contribution in [0.3, 0.4) is 0 Å². The number of halogens is 4. The Labute approximate surface area is 197 Å². The lowest BCUT2D eigenvalue weighted by Gasteiger charge is -2.16. The van der Waals surface area contributed by atoms with Crippen LogP contribution in [0.25, 0.3) is 11.6 Å². The number of hydrogen-bond acceptors (Lipinski definition) is 3. The Morgan fingerprint density at radius 2 is 1.88 bits per heavy atom. The Bertz CT molecular complexity index is 1020. The van der Waals surface area contributed by atoms with Gasteiger partial charge in [-0.3, -0.25) is 0 Å². The minimum Gasteiger partial charge on any atom is -0.496 e. The summed E-state index contributed by atoms with van der Waals surface area (Å²) in [4.78, 5) is 0. The van der Waals surface area contributed by atoms with Crippen molar-refractivity contribution in [3.63, 3.8) is 0 Å². The molecule has 0 amide bonds. The molecule has 3 nitrogen and oxygen atoms in total. The molecule has 0 heterocycles. The fourth-order valence-electron chi connectivity index (χ4n) is 3.28. The normalized spacial score (nSPS) is 12.6. The van der Waals surface area contributed by atoms with Gasteiger partial charge in [0.15, 0.2) is 0 Å². The summed E-state index contributed by atoms with van der Waals surface area (Å²) in [6, 6.07) is 11.7. The van der Waals surface area contributed by atoms with E-state index in [1.807, 2.05) is 30.3 Å². The fourth-order valence-corrected chi connectivity index (χ4v) is 3.28. The Balaban J connectivity index is 2.21. The van der Waals surface area contributed by atoms with Gasteiger partial charge in [0, 0.05) is 18.7 Å². The number of rotatable bonds is 12. The van der Waals surface area contributed by atoms with E-state index in [1.54, 1.807) is 24.3 Å². The molecular formula is C27H29F4NO2. The van der Waals surface area contributed by atoms with Crippen molar-refractivity contribution in [2.24, 2.45) is 0 Å². The van der Waals surface area contributed by atoms with Gasteiger partial charge in [-0.05, 0) is 40.8 Å². The SMILES string of the molecule is C=C(CF)/C(=C\C=C/C/C=C/c1cc(OC)c(CNCCO)cc1C(F)(F)F)c1ccccc1. The number of methoxy groups -OCH3 is 1. The van der Waals surface area contributed by atoms with E-state index in [9.17, 15) is 17.6 Å². The van der Waals surface area contributed by atoms with Crippen LogP contribution in [0.5, 0.6) is 5.75 Å². The highest BCUT2D eigenvalue weighted by Gasteiger charge is 2.33. The van der Waals surface area contributed by atoms with Crippen molar-refractivity contribution in [2.75, 3.05) is 26.9 Å². The van der Waals surface area contributed by atoms with Gasteiger partial charge in [-0.1, -0.05) is 67.3 Å². The number of ether oxygens (including phenoxy) is 1. The van der Waals surface area contributed by atoms with Crippen molar-refractivity contribution in [3.05, 3.63) is 101 Å². The summed E-state index contributed by atoms with van der Waals surface area (Å²) >= 11 is 0. The van der Waals surface area contributed by atoms with Gasteiger partial charge in [-0.15, -0.1) is 0 Å². The molecule has 0 atom stereocenters. The summed E-state index contributed by atoms with van der Waals surface area (Å²) in [5.41, 5.74) is 1.43. The number of benzene rings is 2. The average molecular weight is 476 g/mol. The number of aliphatic hydroxyl groups excluding tert-OH is 1. The number of allylic oxidation sites excluding steroid dienone is 6. The van der Waals surface area contributed by atoms with E-state index < -0.39 is 18.4 Å². The first-order valence-corrected chi connectivity index (χ1v) is 10.7. The topological polar surface area (TPSA) is 41.5 Å². The Morgan fingerprint density at radius 1 is 1.15 bits per heavy atom. The van der Waals surface area contributed by atoms with E-state index >= 15 is 0 Å². The predicted molar refractivity (Wildman–Crippen MR) is 129 cm³/mol. The highest BCUT2D eigenvalue weighted by atomic mass is 19.4. The van der Waals surface area contributed by atoms with Gasteiger partial charge in [0.2, 0.25) is 0 Å². The number of alkyl halides is 4. The van der Waals surface area contributed by atoms with E-state index in [-0.39, 0.29) is 25.3 Å². The van der Waals surface area contributed by atoms with Crippen LogP contribution in [0, 0.1) is 0 Å². The van der Waals surface area contributed by atoms with Gasteiger partial charge in [0.1, 0.15) is 12.4 Å². The van der Waals surface area contributed by atoms with Gasteiger partial charge in [-0.25, -0.2) is 4.39 Å². The van der Waals surface area contributed by atoms with Crippen LogP contribution in [0.2, 0.25) is 0 Å². The smallest absolute Gasteiger partial charge is 0.417 e. The summed E-state index contributed by atoms with van der Waals surface area (Å²) in [5.74, 6) is 0.328. The molecule has 0 aliphatic rings. The lowest BCUT2D eigenvalue weighted by Crippen LogP contribution is -2.19. The molecule has 0 saturated carbocycles. The van der Waals surface area contributed by atoms with Crippen molar-refractivity contribution < 1.29 is 27.4 Å². The quantitative estimate of drug-likeness (QED) is 0.213. The highest BCUT2D eigenvalue weighted by molar-refractivity contribution is 5.79. The molecule has 0 aliphatic carbocycles. The van der Waals surface area contributed by atoms with Crippen molar-refractivity contribution in [1.82, 2.24) is 5.32 Å².